The fraction of sp³-hybridized carbons (Fsp3) is 0.500. The highest BCUT2D eigenvalue weighted by molar-refractivity contribution is 7.89. The highest BCUT2D eigenvalue weighted by Crippen LogP contribution is 2.25. The summed E-state index contributed by atoms with van der Waals surface area (Å²) in [6, 6.07) is 4.83. The van der Waals surface area contributed by atoms with Crippen LogP contribution in [0.4, 0.5) is 5.13 Å². The van der Waals surface area contributed by atoms with Gasteiger partial charge in [-0.25, -0.2) is 13.4 Å². The van der Waals surface area contributed by atoms with E-state index in [4.69, 9.17) is 0 Å². The molecule has 8 nitrogen and oxygen atoms in total. The SMILES string of the molecule is CCN(CC)S(=O)(=O)c1cc(C(=O)N2CCC(C(=O)Nc3nc(C)cs3)CC2)ccc1C. The number of carbonyl (C=O) groups is 2. The first-order chi connectivity index (χ1) is 15.2. The van der Waals surface area contributed by atoms with Crippen LogP contribution in [0.2, 0.25) is 0 Å². The Morgan fingerprint density at radius 2 is 1.84 bits per heavy atom. The third-order valence-corrected chi connectivity index (χ3v) is 8.83. The van der Waals surface area contributed by atoms with Gasteiger partial charge in [-0.3, -0.25) is 9.59 Å². The Balaban J connectivity index is 1.68. The molecule has 2 aromatic rings. The molecule has 174 valence electrons. The van der Waals surface area contributed by atoms with Gasteiger partial charge in [-0.05, 0) is 44.4 Å². The lowest BCUT2D eigenvalue weighted by Gasteiger charge is -2.31. The summed E-state index contributed by atoms with van der Waals surface area (Å²) < 4.78 is 27.4. The minimum absolute atomic E-state index is 0.0746. The summed E-state index contributed by atoms with van der Waals surface area (Å²) >= 11 is 1.39. The number of likely N-dealkylation sites (tertiary alicyclic amines) is 1. The van der Waals surface area contributed by atoms with Crippen molar-refractivity contribution < 1.29 is 18.0 Å². The van der Waals surface area contributed by atoms with Gasteiger partial charge in [-0.2, -0.15) is 4.31 Å². The second-order valence-electron chi connectivity index (χ2n) is 7.92. The third kappa shape index (κ3) is 5.19. The van der Waals surface area contributed by atoms with E-state index < -0.39 is 10.0 Å². The van der Waals surface area contributed by atoms with Crippen LogP contribution in [0, 0.1) is 19.8 Å². The largest absolute Gasteiger partial charge is 0.339 e. The molecule has 3 rings (SSSR count). The smallest absolute Gasteiger partial charge is 0.253 e. The van der Waals surface area contributed by atoms with Crippen LogP contribution in [0.3, 0.4) is 0 Å². The van der Waals surface area contributed by atoms with Crippen molar-refractivity contribution in [3.8, 4) is 0 Å². The molecule has 1 aliphatic heterocycles. The number of aromatic nitrogens is 1. The number of hydrogen-bond donors (Lipinski definition) is 1. The minimum Gasteiger partial charge on any atom is -0.339 e. The summed E-state index contributed by atoms with van der Waals surface area (Å²) in [6.45, 7) is 8.82. The Morgan fingerprint density at radius 3 is 2.41 bits per heavy atom. The summed E-state index contributed by atoms with van der Waals surface area (Å²) in [5.74, 6) is -0.468. The molecule has 0 saturated carbocycles. The van der Waals surface area contributed by atoms with Gasteiger partial charge in [0.05, 0.1) is 10.6 Å². The quantitative estimate of drug-likeness (QED) is 0.658. The van der Waals surface area contributed by atoms with E-state index in [1.165, 1.54) is 21.7 Å². The van der Waals surface area contributed by atoms with Gasteiger partial charge >= 0.3 is 0 Å². The first-order valence-electron chi connectivity index (χ1n) is 10.8. The molecule has 1 saturated heterocycles. The topological polar surface area (TPSA) is 99.7 Å². The summed E-state index contributed by atoms with van der Waals surface area (Å²) in [7, 11) is -3.66. The molecule has 0 atom stereocenters. The van der Waals surface area contributed by atoms with Gasteiger partial charge in [-0.15, -0.1) is 11.3 Å². The summed E-state index contributed by atoms with van der Waals surface area (Å²) in [5, 5.41) is 5.33. The number of nitrogens with zero attached hydrogens (tertiary/aromatic N) is 3. The number of piperidine rings is 1. The molecule has 0 spiro atoms. The van der Waals surface area contributed by atoms with Crippen LogP contribution in [-0.4, -0.2) is 60.6 Å². The van der Waals surface area contributed by atoms with E-state index in [0.717, 1.165) is 5.69 Å². The van der Waals surface area contributed by atoms with Crippen LogP contribution in [0.25, 0.3) is 0 Å². The zero-order valence-corrected chi connectivity index (χ0v) is 20.6. The maximum Gasteiger partial charge on any atom is 0.253 e. The number of benzene rings is 1. The molecule has 2 heterocycles. The van der Waals surface area contributed by atoms with E-state index >= 15 is 0 Å². The lowest BCUT2D eigenvalue weighted by molar-refractivity contribution is -0.121. The average molecular weight is 479 g/mol. The predicted octanol–water partition coefficient (Wildman–Crippen LogP) is 3.28. The number of thiazole rings is 1. The Morgan fingerprint density at radius 1 is 1.19 bits per heavy atom. The van der Waals surface area contributed by atoms with Gasteiger partial charge in [0.15, 0.2) is 5.13 Å². The second kappa shape index (κ2) is 10.1. The number of nitrogens with one attached hydrogen (secondary N) is 1. The Hall–Kier alpha value is -2.30. The van der Waals surface area contributed by atoms with Gasteiger partial charge in [0.25, 0.3) is 5.91 Å². The molecular weight excluding hydrogens is 448 g/mol. The average Bonchev–Trinajstić information content (AvgIpc) is 3.18. The van der Waals surface area contributed by atoms with E-state index in [1.54, 1.807) is 37.8 Å². The van der Waals surface area contributed by atoms with E-state index in [1.807, 2.05) is 12.3 Å². The van der Waals surface area contributed by atoms with Crippen molar-refractivity contribution in [2.75, 3.05) is 31.5 Å². The number of hydrogen-bond acceptors (Lipinski definition) is 6. The Bertz CT molecular complexity index is 1090. The van der Waals surface area contributed by atoms with Crippen molar-refractivity contribution >= 4 is 38.3 Å². The summed E-state index contributed by atoms with van der Waals surface area (Å²) in [6.07, 6.45) is 1.11. The van der Waals surface area contributed by atoms with Crippen molar-refractivity contribution in [3.63, 3.8) is 0 Å². The van der Waals surface area contributed by atoms with Crippen molar-refractivity contribution in [1.82, 2.24) is 14.2 Å². The molecule has 1 aromatic heterocycles. The maximum atomic E-state index is 13.1. The third-order valence-electron chi connectivity index (χ3n) is 5.76. The first kappa shape index (κ1) is 24.3. The molecule has 0 radical (unpaired) electrons. The van der Waals surface area contributed by atoms with Crippen molar-refractivity contribution in [2.45, 2.75) is 45.4 Å². The lowest BCUT2D eigenvalue weighted by atomic mass is 9.95. The molecule has 10 heteroatoms. The first-order valence-corrected chi connectivity index (χ1v) is 13.1. The summed E-state index contributed by atoms with van der Waals surface area (Å²) in [5.41, 5.74) is 1.83. The van der Waals surface area contributed by atoms with Crippen LogP contribution in [0.15, 0.2) is 28.5 Å². The standard InChI is InChI=1S/C22H30N4O4S2/c1-5-26(6-2)32(29,30)19-13-18(8-7-15(19)3)21(28)25-11-9-17(10-12-25)20(27)24-22-23-16(4)14-31-22/h7-8,13-14,17H,5-6,9-12H2,1-4H3,(H,23,24,27). The second-order valence-corrected chi connectivity index (χ2v) is 10.7. The molecule has 1 N–H and O–H groups in total. The Kier molecular flexibility index (Phi) is 7.68. The van der Waals surface area contributed by atoms with E-state index in [9.17, 15) is 18.0 Å². The van der Waals surface area contributed by atoms with Crippen LogP contribution < -0.4 is 5.32 Å². The number of sulfonamides is 1. The minimum atomic E-state index is -3.66. The van der Waals surface area contributed by atoms with E-state index in [0.29, 0.717) is 55.3 Å². The monoisotopic (exact) mass is 478 g/mol. The van der Waals surface area contributed by atoms with E-state index in [-0.39, 0.29) is 22.6 Å². The van der Waals surface area contributed by atoms with Gasteiger partial charge in [-0.1, -0.05) is 19.9 Å². The number of aryl methyl sites for hydroxylation is 2. The number of rotatable bonds is 7. The molecule has 32 heavy (non-hydrogen) atoms. The summed E-state index contributed by atoms with van der Waals surface area (Å²) in [4.78, 5) is 31.7. The van der Waals surface area contributed by atoms with Crippen LogP contribution in [0.5, 0.6) is 0 Å². The van der Waals surface area contributed by atoms with Crippen molar-refractivity contribution in [2.24, 2.45) is 5.92 Å². The molecule has 1 fully saturated rings. The lowest BCUT2D eigenvalue weighted by Crippen LogP contribution is -2.41. The highest BCUT2D eigenvalue weighted by atomic mass is 32.2. The molecule has 0 bridgehead atoms. The zero-order valence-electron chi connectivity index (χ0n) is 18.9. The molecule has 0 aliphatic carbocycles. The van der Waals surface area contributed by atoms with Gasteiger partial charge < -0.3 is 10.2 Å². The van der Waals surface area contributed by atoms with Gasteiger partial charge in [0.2, 0.25) is 15.9 Å². The van der Waals surface area contributed by atoms with Crippen LogP contribution in [0.1, 0.15) is 48.3 Å². The molecular formula is C22H30N4O4S2. The molecule has 1 aliphatic rings. The van der Waals surface area contributed by atoms with E-state index in [2.05, 4.69) is 10.3 Å². The fourth-order valence-corrected chi connectivity index (χ4v) is 6.26. The normalized spacial score (nSPS) is 15.2. The van der Waals surface area contributed by atoms with Gasteiger partial charge in [0, 0.05) is 43.0 Å². The highest BCUT2D eigenvalue weighted by Gasteiger charge is 2.30. The van der Waals surface area contributed by atoms with Crippen molar-refractivity contribution in [1.29, 1.82) is 0 Å². The number of amides is 2. The maximum absolute atomic E-state index is 13.1. The molecule has 1 aromatic carbocycles. The zero-order chi connectivity index (χ0) is 23.5. The molecule has 2 amide bonds. The molecule has 0 unspecified atom stereocenters. The fourth-order valence-electron chi connectivity index (χ4n) is 3.86. The Labute approximate surface area is 193 Å². The predicted molar refractivity (Wildman–Crippen MR) is 125 cm³/mol. The van der Waals surface area contributed by atoms with Crippen LogP contribution >= 0.6 is 11.3 Å². The number of anilines is 1. The van der Waals surface area contributed by atoms with Crippen molar-refractivity contribution in [3.05, 3.63) is 40.4 Å². The van der Waals surface area contributed by atoms with Crippen LogP contribution in [-0.2, 0) is 14.8 Å². The number of carbonyl (C=O) groups excluding carboxylic acids is 2. The van der Waals surface area contributed by atoms with Gasteiger partial charge in [0.1, 0.15) is 0 Å².